The first-order valence-corrected chi connectivity index (χ1v) is 5.08. The normalized spacial score (nSPS) is 12.1. The zero-order chi connectivity index (χ0) is 10.6. The van der Waals surface area contributed by atoms with E-state index in [4.69, 9.17) is 10.4 Å². The number of nitrogens with one attached hydrogen (secondary N) is 1. The van der Waals surface area contributed by atoms with Crippen LogP contribution in [0.15, 0.2) is 24.3 Å². The Labute approximate surface area is 83.6 Å². The van der Waals surface area contributed by atoms with Crippen molar-refractivity contribution in [3.05, 3.63) is 35.4 Å². The molecule has 0 aliphatic carbocycles. The van der Waals surface area contributed by atoms with Gasteiger partial charge < -0.3 is 4.55 Å². The van der Waals surface area contributed by atoms with Gasteiger partial charge in [0.15, 0.2) is 11.1 Å². The first-order chi connectivity index (χ1) is 6.63. The topological polar surface area (TPSA) is 92.4 Å². The highest BCUT2D eigenvalue weighted by Gasteiger charge is 2.03. The van der Waals surface area contributed by atoms with E-state index in [0.29, 0.717) is 11.1 Å². The van der Waals surface area contributed by atoms with Crippen LogP contribution in [-0.2, 0) is 16.8 Å². The summed E-state index contributed by atoms with van der Waals surface area (Å²) < 4.78 is 19.1. The molecule has 1 aromatic carbocycles. The number of hydrogen-bond donors (Lipinski definition) is 3. The van der Waals surface area contributed by atoms with E-state index >= 15 is 0 Å². The third-order valence-corrected chi connectivity index (χ3v) is 2.22. The van der Waals surface area contributed by atoms with Gasteiger partial charge in [0.1, 0.15) is 0 Å². The van der Waals surface area contributed by atoms with E-state index in [1.165, 1.54) is 0 Å². The standard InChI is InChI=1S/C8H10N2O3S/c9-10-8(11)7-3-1-6(2-4-7)5-14(12)13/h1-4H,5,9H2,(H,10,11)(H,12,13). The number of benzene rings is 1. The van der Waals surface area contributed by atoms with Crippen molar-refractivity contribution in [1.29, 1.82) is 0 Å². The van der Waals surface area contributed by atoms with Gasteiger partial charge in [0.05, 0.1) is 5.75 Å². The Morgan fingerprint density at radius 3 is 2.43 bits per heavy atom. The average Bonchev–Trinajstić information content (AvgIpc) is 2.17. The Morgan fingerprint density at radius 1 is 1.43 bits per heavy atom. The molecule has 0 saturated carbocycles. The van der Waals surface area contributed by atoms with Gasteiger partial charge in [0.25, 0.3) is 5.91 Å². The molecule has 0 fully saturated rings. The second kappa shape index (κ2) is 4.85. The second-order valence-electron chi connectivity index (χ2n) is 2.64. The van der Waals surface area contributed by atoms with E-state index in [0.717, 1.165) is 0 Å². The number of rotatable bonds is 3. The Hall–Kier alpha value is -1.24. The lowest BCUT2D eigenvalue weighted by Gasteiger charge is -2.00. The minimum Gasteiger partial charge on any atom is -0.306 e. The van der Waals surface area contributed by atoms with Crippen LogP contribution in [-0.4, -0.2) is 14.7 Å². The van der Waals surface area contributed by atoms with Crippen LogP contribution in [0.1, 0.15) is 15.9 Å². The van der Waals surface area contributed by atoms with Gasteiger partial charge in [-0.25, -0.2) is 10.1 Å². The van der Waals surface area contributed by atoms with Crippen molar-refractivity contribution in [2.24, 2.45) is 5.84 Å². The van der Waals surface area contributed by atoms with Crippen LogP contribution in [0.3, 0.4) is 0 Å². The highest BCUT2D eigenvalue weighted by atomic mass is 32.2. The summed E-state index contributed by atoms with van der Waals surface area (Å²) in [6.45, 7) is 0. The monoisotopic (exact) mass is 214 g/mol. The van der Waals surface area contributed by atoms with Gasteiger partial charge in [-0.15, -0.1) is 0 Å². The molecule has 0 spiro atoms. The summed E-state index contributed by atoms with van der Waals surface area (Å²) in [5.74, 6) is 4.61. The van der Waals surface area contributed by atoms with Crippen molar-refractivity contribution >= 4 is 17.0 Å². The van der Waals surface area contributed by atoms with Gasteiger partial charge in [-0.1, -0.05) is 12.1 Å². The third-order valence-electron chi connectivity index (χ3n) is 1.64. The molecule has 1 atom stereocenters. The van der Waals surface area contributed by atoms with Gasteiger partial charge in [-0.05, 0) is 17.7 Å². The minimum atomic E-state index is -1.86. The van der Waals surface area contributed by atoms with Crippen LogP contribution in [0.4, 0.5) is 0 Å². The van der Waals surface area contributed by atoms with Crippen molar-refractivity contribution in [2.45, 2.75) is 5.75 Å². The van der Waals surface area contributed by atoms with Crippen LogP contribution < -0.4 is 11.3 Å². The number of nitrogens with two attached hydrogens (primary N) is 1. The maximum absolute atomic E-state index is 11.0. The lowest BCUT2D eigenvalue weighted by molar-refractivity contribution is 0.0953. The molecule has 1 rings (SSSR count). The van der Waals surface area contributed by atoms with Crippen LogP contribution in [0.2, 0.25) is 0 Å². The predicted octanol–water partition coefficient (Wildman–Crippen LogP) is 0.0118. The van der Waals surface area contributed by atoms with E-state index in [2.05, 4.69) is 0 Å². The van der Waals surface area contributed by atoms with Gasteiger partial charge in [0, 0.05) is 5.56 Å². The molecule has 0 aliphatic rings. The molecule has 14 heavy (non-hydrogen) atoms. The molecule has 5 nitrogen and oxygen atoms in total. The minimum absolute atomic E-state index is 0.0600. The number of amides is 1. The van der Waals surface area contributed by atoms with Gasteiger partial charge in [-0.2, -0.15) is 0 Å². The number of nitrogen functional groups attached to an aromatic ring is 1. The Morgan fingerprint density at radius 2 is 2.00 bits per heavy atom. The van der Waals surface area contributed by atoms with E-state index < -0.39 is 11.1 Å². The molecule has 0 bridgehead atoms. The highest BCUT2D eigenvalue weighted by molar-refractivity contribution is 7.78. The van der Waals surface area contributed by atoms with Crippen molar-refractivity contribution in [3.8, 4) is 0 Å². The van der Waals surface area contributed by atoms with E-state index in [-0.39, 0.29) is 11.7 Å². The van der Waals surface area contributed by atoms with Gasteiger partial charge in [0.2, 0.25) is 0 Å². The van der Waals surface area contributed by atoms with E-state index in [1.807, 2.05) is 5.43 Å². The molecule has 0 aliphatic heterocycles. The van der Waals surface area contributed by atoms with Crippen LogP contribution in [0.25, 0.3) is 0 Å². The first kappa shape index (κ1) is 10.8. The molecular formula is C8H10N2O3S. The molecule has 76 valence electrons. The summed E-state index contributed by atoms with van der Waals surface area (Å²) in [6.07, 6.45) is 0. The third kappa shape index (κ3) is 2.91. The summed E-state index contributed by atoms with van der Waals surface area (Å²) in [5, 5.41) is 0. The quantitative estimate of drug-likeness (QED) is 0.286. The number of hydrogen-bond acceptors (Lipinski definition) is 3. The molecule has 0 aromatic heterocycles. The molecule has 4 N–H and O–H groups in total. The Bertz CT molecular complexity index is 350. The van der Waals surface area contributed by atoms with E-state index in [9.17, 15) is 9.00 Å². The SMILES string of the molecule is NNC(=O)c1ccc(CS(=O)O)cc1. The van der Waals surface area contributed by atoms with Crippen molar-refractivity contribution in [2.75, 3.05) is 0 Å². The van der Waals surface area contributed by atoms with Crippen LogP contribution >= 0.6 is 0 Å². The maximum Gasteiger partial charge on any atom is 0.265 e. The summed E-state index contributed by atoms with van der Waals surface area (Å²) in [6, 6.07) is 6.31. The molecule has 0 radical (unpaired) electrons. The molecule has 0 heterocycles. The second-order valence-corrected chi connectivity index (χ2v) is 3.57. The maximum atomic E-state index is 11.0. The zero-order valence-electron chi connectivity index (χ0n) is 7.27. The molecule has 1 amide bonds. The number of hydrazine groups is 1. The Balaban J connectivity index is 2.78. The summed E-state index contributed by atoms with van der Waals surface area (Å²) in [5.41, 5.74) is 3.10. The Kier molecular flexibility index (Phi) is 3.75. The van der Waals surface area contributed by atoms with Crippen molar-refractivity contribution in [3.63, 3.8) is 0 Å². The summed E-state index contributed by atoms with van der Waals surface area (Å²) >= 11 is -1.86. The fourth-order valence-electron chi connectivity index (χ4n) is 0.978. The fraction of sp³-hybridized carbons (Fsp3) is 0.125. The summed E-state index contributed by atoms with van der Waals surface area (Å²) in [4.78, 5) is 11.0. The lowest BCUT2D eigenvalue weighted by atomic mass is 10.1. The van der Waals surface area contributed by atoms with Crippen molar-refractivity contribution in [1.82, 2.24) is 5.43 Å². The fourth-order valence-corrected chi connectivity index (χ4v) is 1.46. The first-order valence-electron chi connectivity index (χ1n) is 3.81. The summed E-state index contributed by atoms with van der Waals surface area (Å²) in [7, 11) is 0. The number of carbonyl (C=O) groups excluding carboxylic acids is 1. The van der Waals surface area contributed by atoms with Crippen LogP contribution in [0.5, 0.6) is 0 Å². The largest absolute Gasteiger partial charge is 0.306 e. The van der Waals surface area contributed by atoms with Crippen LogP contribution in [0, 0.1) is 0 Å². The molecule has 1 aromatic rings. The molecule has 0 saturated heterocycles. The number of carbonyl (C=O) groups is 1. The predicted molar refractivity (Wildman–Crippen MR) is 52.6 cm³/mol. The van der Waals surface area contributed by atoms with Gasteiger partial charge >= 0.3 is 0 Å². The highest BCUT2D eigenvalue weighted by Crippen LogP contribution is 2.05. The molecular weight excluding hydrogens is 204 g/mol. The molecule has 1 unspecified atom stereocenters. The lowest BCUT2D eigenvalue weighted by Crippen LogP contribution is -2.29. The smallest absolute Gasteiger partial charge is 0.265 e. The van der Waals surface area contributed by atoms with E-state index in [1.54, 1.807) is 24.3 Å². The van der Waals surface area contributed by atoms with Crippen molar-refractivity contribution < 1.29 is 13.6 Å². The zero-order valence-corrected chi connectivity index (χ0v) is 8.08. The van der Waals surface area contributed by atoms with Gasteiger partial charge in [-0.3, -0.25) is 10.2 Å². The average molecular weight is 214 g/mol. The molecule has 6 heteroatoms.